The van der Waals surface area contributed by atoms with Crippen LogP contribution in [0.25, 0.3) is 0 Å². The predicted molar refractivity (Wildman–Crippen MR) is 87.4 cm³/mol. The van der Waals surface area contributed by atoms with E-state index in [0.29, 0.717) is 18.0 Å². The lowest BCUT2D eigenvalue weighted by Gasteiger charge is -2.14. The molecule has 2 aromatic rings. The van der Waals surface area contributed by atoms with E-state index in [1.807, 2.05) is 31.2 Å². The average molecular weight is 352 g/mol. The van der Waals surface area contributed by atoms with Crippen molar-refractivity contribution in [3.63, 3.8) is 0 Å². The van der Waals surface area contributed by atoms with Crippen molar-refractivity contribution in [1.29, 1.82) is 0 Å². The zero-order valence-corrected chi connectivity index (χ0v) is 13.8. The van der Waals surface area contributed by atoms with Crippen molar-refractivity contribution in [1.82, 2.24) is 5.32 Å². The van der Waals surface area contributed by atoms with Crippen LogP contribution in [-0.2, 0) is 6.54 Å². The molecule has 1 N–H and O–H groups in total. The van der Waals surface area contributed by atoms with E-state index in [1.54, 1.807) is 6.07 Å². The molecule has 0 atom stereocenters. The molecule has 0 unspecified atom stereocenters. The lowest BCUT2D eigenvalue weighted by Crippen LogP contribution is -2.14. The number of nitrogens with one attached hydrogen (secondary N) is 1. The van der Waals surface area contributed by atoms with Crippen molar-refractivity contribution in [2.75, 3.05) is 6.54 Å². The van der Waals surface area contributed by atoms with E-state index in [4.69, 9.17) is 4.74 Å². The lowest BCUT2D eigenvalue weighted by atomic mass is 10.1. The van der Waals surface area contributed by atoms with E-state index in [0.717, 1.165) is 28.6 Å². The molecule has 0 spiro atoms. The topological polar surface area (TPSA) is 21.3 Å². The minimum Gasteiger partial charge on any atom is -0.454 e. The van der Waals surface area contributed by atoms with Crippen LogP contribution in [0, 0.1) is 12.7 Å². The van der Waals surface area contributed by atoms with Gasteiger partial charge in [0.05, 0.1) is 0 Å². The Morgan fingerprint density at radius 1 is 1.24 bits per heavy atom. The van der Waals surface area contributed by atoms with Crippen LogP contribution >= 0.6 is 15.9 Å². The summed E-state index contributed by atoms with van der Waals surface area (Å²) in [5.41, 5.74) is 1.79. The first-order valence-electron chi connectivity index (χ1n) is 7.04. The molecule has 2 aromatic carbocycles. The van der Waals surface area contributed by atoms with Gasteiger partial charge in [0, 0.05) is 16.6 Å². The van der Waals surface area contributed by atoms with Gasteiger partial charge >= 0.3 is 0 Å². The average Bonchev–Trinajstić information content (AvgIpc) is 2.46. The number of para-hydroxylation sites is 1. The van der Waals surface area contributed by atoms with Crippen molar-refractivity contribution < 1.29 is 9.13 Å². The lowest BCUT2D eigenvalue weighted by molar-refractivity contribution is 0.431. The predicted octanol–water partition coefficient (Wildman–Crippen LogP) is 5.19. The van der Waals surface area contributed by atoms with Gasteiger partial charge in [-0.2, -0.15) is 0 Å². The van der Waals surface area contributed by atoms with Gasteiger partial charge in [-0.3, -0.25) is 0 Å². The van der Waals surface area contributed by atoms with Gasteiger partial charge in [0.15, 0.2) is 11.6 Å². The first-order chi connectivity index (χ1) is 10.1. The summed E-state index contributed by atoms with van der Waals surface area (Å²) in [4.78, 5) is 0. The maximum Gasteiger partial charge on any atom is 0.167 e. The van der Waals surface area contributed by atoms with Crippen LogP contribution in [0.1, 0.15) is 24.5 Å². The zero-order chi connectivity index (χ0) is 15.2. The summed E-state index contributed by atoms with van der Waals surface area (Å²) in [7, 11) is 0. The molecule has 21 heavy (non-hydrogen) atoms. The van der Waals surface area contributed by atoms with Crippen molar-refractivity contribution >= 4 is 15.9 Å². The SMILES string of the molecule is CCCNCc1cccc(F)c1Oc1cc(Br)ccc1C. The van der Waals surface area contributed by atoms with Gasteiger partial charge < -0.3 is 10.1 Å². The van der Waals surface area contributed by atoms with E-state index in [-0.39, 0.29) is 5.82 Å². The normalized spacial score (nSPS) is 10.7. The Labute approximate surface area is 133 Å². The highest BCUT2D eigenvalue weighted by Crippen LogP contribution is 2.32. The van der Waals surface area contributed by atoms with Crippen molar-refractivity contribution in [2.24, 2.45) is 0 Å². The van der Waals surface area contributed by atoms with Crippen LogP contribution in [0.5, 0.6) is 11.5 Å². The van der Waals surface area contributed by atoms with Gasteiger partial charge in [0.25, 0.3) is 0 Å². The monoisotopic (exact) mass is 351 g/mol. The Morgan fingerprint density at radius 3 is 2.81 bits per heavy atom. The summed E-state index contributed by atoms with van der Waals surface area (Å²) in [6.45, 7) is 5.53. The molecule has 0 amide bonds. The Morgan fingerprint density at radius 2 is 2.05 bits per heavy atom. The van der Waals surface area contributed by atoms with Gasteiger partial charge in [-0.25, -0.2) is 4.39 Å². The summed E-state index contributed by atoms with van der Waals surface area (Å²) in [6, 6.07) is 10.7. The molecule has 0 aromatic heterocycles. The third-order valence-electron chi connectivity index (χ3n) is 3.15. The molecule has 0 heterocycles. The van der Waals surface area contributed by atoms with Crippen LogP contribution in [-0.4, -0.2) is 6.54 Å². The first-order valence-corrected chi connectivity index (χ1v) is 7.83. The molecule has 0 fully saturated rings. The minimum absolute atomic E-state index is 0.294. The van der Waals surface area contributed by atoms with E-state index >= 15 is 0 Å². The van der Waals surface area contributed by atoms with Crippen LogP contribution in [0.3, 0.4) is 0 Å². The summed E-state index contributed by atoms with van der Waals surface area (Å²) >= 11 is 3.41. The molecule has 0 aliphatic heterocycles. The molecule has 0 saturated carbocycles. The third kappa shape index (κ3) is 4.29. The van der Waals surface area contributed by atoms with Crippen molar-refractivity contribution in [3.05, 3.63) is 57.8 Å². The second-order valence-electron chi connectivity index (χ2n) is 4.92. The standard InChI is InChI=1S/C17H19BrFNO/c1-3-9-20-11-13-5-4-6-15(19)17(13)21-16-10-14(18)8-7-12(16)2/h4-8,10,20H,3,9,11H2,1-2H3. The van der Waals surface area contributed by atoms with Crippen LogP contribution in [0.15, 0.2) is 40.9 Å². The molecule has 0 bridgehead atoms. The first kappa shape index (κ1) is 16.0. The maximum absolute atomic E-state index is 14.1. The number of hydrogen-bond acceptors (Lipinski definition) is 2. The molecule has 0 radical (unpaired) electrons. The molecular formula is C17H19BrFNO. The Hall–Kier alpha value is -1.39. The van der Waals surface area contributed by atoms with Crippen molar-refractivity contribution in [2.45, 2.75) is 26.8 Å². The second kappa shape index (κ2) is 7.57. The number of hydrogen-bond donors (Lipinski definition) is 1. The molecular weight excluding hydrogens is 333 g/mol. The second-order valence-corrected chi connectivity index (χ2v) is 5.83. The van der Waals surface area contributed by atoms with Crippen LogP contribution < -0.4 is 10.1 Å². The van der Waals surface area contributed by atoms with E-state index in [9.17, 15) is 4.39 Å². The fourth-order valence-corrected chi connectivity index (χ4v) is 2.34. The number of benzene rings is 2. The molecule has 0 aliphatic carbocycles. The molecule has 2 rings (SSSR count). The maximum atomic E-state index is 14.1. The zero-order valence-electron chi connectivity index (χ0n) is 12.2. The number of ether oxygens (including phenoxy) is 1. The highest BCUT2D eigenvalue weighted by molar-refractivity contribution is 9.10. The largest absolute Gasteiger partial charge is 0.454 e. The summed E-state index contributed by atoms with van der Waals surface area (Å²) in [6.07, 6.45) is 1.04. The summed E-state index contributed by atoms with van der Waals surface area (Å²) < 4.78 is 20.9. The molecule has 4 heteroatoms. The van der Waals surface area contributed by atoms with Gasteiger partial charge in [-0.05, 0) is 43.7 Å². The Kier molecular flexibility index (Phi) is 5.76. The molecule has 0 saturated heterocycles. The van der Waals surface area contributed by atoms with E-state index < -0.39 is 0 Å². The Balaban J connectivity index is 2.27. The van der Waals surface area contributed by atoms with Gasteiger partial charge in [0.2, 0.25) is 0 Å². The summed E-state index contributed by atoms with van der Waals surface area (Å²) in [5.74, 6) is 0.610. The summed E-state index contributed by atoms with van der Waals surface area (Å²) in [5, 5.41) is 3.27. The van der Waals surface area contributed by atoms with E-state index in [2.05, 4.69) is 28.2 Å². The highest BCUT2D eigenvalue weighted by Gasteiger charge is 2.12. The smallest absolute Gasteiger partial charge is 0.167 e. The third-order valence-corrected chi connectivity index (χ3v) is 3.65. The molecule has 112 valence electrons. The fraction of sp³-hybridized carbons (Fsp3) is 0.294. The Bertz CT molecular complexity index is 616. The number of halogens is 2. The van der Waals surface area contributed by atoms with E-state index in [1.165, 1.54) is 6.07 Å². The van der Waals surface area contributed by atoms with Crippen molar-refractivity contribution in [3.8, 4) is 11.5 Å². The van der Waals surface area contributed by atoms with Crippen LogP contribution in [0.4, 0.5) is 4.39 Å². The van der Waals surface area contributed by atoms with Gasteiger partial charge in [0.1, 0.15) is 5.75 Å². The molecule has 0 aliphatic rings. The van der Waals surface area contributed by atoms with Gasteiger partial charge in [-0.1, -0.05) is 41.1 Å². The minimum atomic E-state index is -0.342. The fourth-order valence-electron chi connectivity index (χ4n) is 2.00. The highest BCUT2D eigenvalue weighted by atomic mass is 79.9. The van der Waals surface area contributed by atoms with Gasteiger partial charge in [-0.15, -0.1) is 0 Å². The number of rotatable bonds is 6. The molecule has 2 nitrogen and oxygen atoms in total. The van der Waals surface area contributed by atoms with Crippen LogP contribution in [0.2, 0.25) is 0 Å². The number of aryl methyl sites for hydroxylation is 1. The quantitative estimate of drug-likeness (QED) is 0.723.